The van der Waals surface area contributed by atoms with Crippen molar-refractivity contribution in [3.8, 4) is 0 Å². The van der Waals surface area contributed by atoms with Gasteiger partial charge in [-0.15, -0.1) is 10.2 Å². The molecule has 1 atom stereocenters. The molecule has 0 aliphatic heterocycles. The minimum atomic E-state index is -0.00438. The maximum absolute atomic E-state index is 12.4. The molecule has 2 aromatic heterocycles. The number of carbonyl (C=O) groups is 1. The van der Waals surface area contributed by atoms with E-state index in [1.807, 2.05) is 19.1 Å². The lowest BCUT2D eigenvalue weighted by atomic mass is 9.89. The van der Waals surface area contributed by atoms with Gasteiger partial charge in [0, 0.05) is 0 Å². The van der Waals surface area contributed by atoms with E-state index in [-0.39, 0.29) is 11.9 Å². The van der Waals surface area contributed by atoms with Crippen molar-refractivity contribution in [1.82, 2.24) is 15.5 Å². The third-order valence-corrected chi connectivity index (χ3v) is 6.99. The Hall–Kier alpha value is -2.32. The Bertz CT molecular complexity index is 956. The summed E-state index contributed by atoms with van der Waals surface area (Å²) in [6, 6.07) is 10.4. The average molecular weight is 429 g/mol. The van der Waals surface area contributed by atoms with Crippen molar-refractivity contribution in [2.45, 2.75) is 49.5 Å². The van der Waals surface area contributed by atoms with Crippen LogP contribution < -0.4 is 10.6 Å². The number of aromatic nitrogens is 2. The van der Waals surface area contributed by atoms with Crippen LogP contribution in [-0.2, 0) is 24.2 Å². The zero-order chi connectivity index (χ0) is 20.1. The molecule has 1 aliphatic carbocycles. The summed E-state index contributed by atoms with van der Waals surface area (Å²) in [4.78, 5) is 12.4. The van der Waals surface area contributed by atoms with Crippen molar-refractivity contribution >= 4 is 34.1 Å². The summed E-state index contributed by atoms with van der Waals surface area (Å²) in [5, 5.41) is 15.2. The third-order valence-electron chi connectivity index (χ3n) is 4.98. The Morgan fingerprint density at radius 1 is 1.24 bits per heavy atom. The van der Waals surface area contributed by atoms with Crippen molar-refractivity contribution in [3.05, 3.63) is 59.0 Å². The molecule has 1 aliphatic rings. The molecule has 2 N–H and O–H groups in total. The van der Waals surface area contributed by atoms with E-state index in [0.29, 0.717) is 17.4 Å². The fraction of sp³-hybridized carbons (Fsp3) is 0.381. The second kappa shape index (κ2) is 9.45. The van der Waals surface area contributed by atoms with Crippen molar-refractivity contribution < 1.29 is 9.21 Å². The predicted octanol–water partition coefficient (Wildman–Crippen LogP) is 4.59. The van der Waals surface area contributed by atoms with Gasteiger partial charge in [-0.1, -0.05) is 41.3 Å². The number of anilines is 1. The van der Waals surface area contributed by atoms with Gasteiger partial charge in [-0.05, 0) is 61.4 Å². The van der Waals surface area contributed by atoms with Gasteiger partial charge in [0.15, 0.2) is 4.34 Å². The van der Waals surface area contributed by atoms with Gasteiger partial charge in [0.05, 0.1) is 24.6 Å². The number of nitrogens with zero attached hydrogens (tertiary/aromatic N) is 2. The lowest BCUT2D eigenvalue weighted by Crippen LogP contribution is -2.28. The number of carbonyl (C=O) groups excluding carboxylic acids is 1. The predicted molar refractivity (Wildman–Crippen MR) is 116 cm³/mol. The maximum atomic E-state index is 12.4. The van der Waals surface area contributed by atoms with Gasteiger partial charge in [0.2, 0.25) is 11.0 Å². The fourth-order valence-corrected chi connectivity index (χ4v) is 4.99. The molecule has 0 unspecified atom stereocenters. The highest BCUT2D eigenvalue weighted by Gasteiger charge is 2.15. The Kier molecular flexibility index (Phi) is 6.51. The molecule has 2 heterocycles. The van der Waals surface area contributed by atoms with E-state index >= 15 is 0 Å². The number of rotatable bonds is 8. The lowest BCUT2D eigenvalue weighted by molar-refractivity contribution is -0.119. The number of thioether (sulfide) groups is 1. The van der Waals surface area contributed by atoms with Crippen LogP contribution in [0.25, 0.3) is 0 Å². The summed E-state index contributed by atoms with van der Waals surface area (Å²) >= 11 is 2.84. The molecule has 1 amide bonds. The number of furan rings is 1. The number of hydrogen-bond donors (Lipinski definition) is 2. The smallest absolute Gasteiger partial charge is 0.230 e. The molecule has 0 saturated carbocycles. The van der Waals surface area contributed by atoms with E-state index in [0.717, 1.165) is 16.5 Å². The molecule has 0 spiro atoms. The van der Waals surface area contributed by atoms with Crippen LogP contribution >= 0.6 is 23.1 Å². The van der Waals surface area contributed by atoms with Crippen LogP contribution in [0.4, 0.5) is 5.13 Å². The second-order valence-electron chi connectivity index (χ2n) is 7.12. The molecule has 3 aromatic rings. The average Bonchev–Trinajstić information content (AvgIpc) is 3.42. The van der Waals surface area contributed by atoms with Crippen LogP contribution in [0.2, 0.25) is 0 Å². The zero-order valence-corrected chi connectivity index (χ0v) is 17.9. The zero-order valence-electron chi connectivity index (χ0n) is 16.3. The number of nitrogens with one attached hydrogen (secondary N) is 2. The summed E-state index contributed by atoms with van der Waals surface area (Å²) in [6.07, 6.45) is 6.50. The summed E-state index contributed by atoms with van der Waals surface area (Å²) < 4.78 is 6.05. The minimum Gasteiger partial charge on any atom is -0.467 e. The Labute approximate surface area is 178 Å². The first-order chi connectivity index (χ1) is 14.2. The molecular formula is C21H24N4O2S2. The maximum Gasteiger partial charge on any atom is 0.230 e. The highest BCUT2D eigenvalue weighted by Crippen LogP contribution is 2.27. The SMILES string of the molecule is C[C@H](NC(=O)CSc1nnc(NCc2ccco2)s1)c1ccc2c(c1)CCCC2. The Balaban J connectivity index is 1.24. The normalized spacial score (nSPS) is 14.2. The first-order valence-corrected chi connectivity index (χ1v) is 11.6. The quantitative estimate of drug-likeness (QED) is 0.511. The van der Waals surface area contributed by atoms with E-state index in [2.05, 4.69) is 39.0 Å². The molecule has 152 valence electrons. The van der Waals surface area contributed by atoms with Crippen LogP contribution in [0.3, 0.4) is 0 Å². The van der Waals surface area contributed by atoms with Crippen molar-refractivity contribution in [2.24, 2.45) is 0 Å². The van der Waals surface area contributed by atoms with E-state index in [4.69, 9.17) is 4.42 Å². The van der Waals surface area contributed by atoms with Gasteiger partial charge in [-0.25, -0.2) is 0 Å². The monoisotopic (exact) mass is 428 g/mol. The summed E-state index contributed by atoms with van der Waals surface area (Å²) in [5.74, 6) is 1.16. The van der Waals surface area contributed by atoms with E-state index in [1.54, 1.807) is 6.26 Å². The van der Waals surface area contributed by atoms with E-state index in [1.165, 1.54) is 59.1 Å². The van der Waals surface area contributed by atoms with E-state index < -0.39 is 0 Å². The molecule has 4 rings (SSSR count). The molecule has 6 nitrogen and oxygen atoms in total. The lowest BCUT2D eigenvalue weighted by Gasteiger charge is -2.20. The second-order valence-corrected chi connectivity index (χ2v) is 9.32. The number of benzene rings is 1. The molecular weight excluding hydrogens is 404 g/mol. The van der Waals surface area contributed by atoms with E-state index in [9.17, 15) is 4.79 Å². The first kappa shape index (κ1) is 20.0. The standard InChI is InChI=1S/C21H24N4O2S2/c1-14(16-9-8-15-5-2-3-6-17(15)11-16)23-19(26)13-28-21-25-24-20(29-21)22-12-18-7-4-10-27-18/h4,7-11,14H,2-3,5-6,12-13H2,1H3,(H,22,24)(H,23,26)/t14-/m0/s1. The minimum absolute atomic E-state index is 0.000477. The van der Waals surface area contributed by atoms with Crippen LogP contribution in [-0.4, -0.2) is 21.9 Å². The van der Waals surface area contributed by atoms with Crippen molar-refractivity contribution in [1.29, 1.82) is 0 Å². The topological polar surface area (TPSA) is 80.0 Å². The highest BCUT2D eigenvalue weighted by molar-refractivity contribution is 8.01. The third kappa shape index (κ3) is 5.39. The summed E-state index contributed by atoms with van der Waals surface area (Å²) in [6.45, 7) is 2.60. The fourth-order valence-electron chi connectivity index (χ4n) is 3.43. The highest BCUT2D eigenvalue weighted by atomic mass is 32.2. The van der Waals surface area contributed by atoms with Crippen LogP contribution in [0.5, 0.6) is 0 Å². The van der Waals surface area contributed by atoms with Gasteiger partial charge in [0.1, 0.15) is 5.76 Å². The molecule has 8 heteroatoms. The number of fused-ring (bicyclic) bond motifs is 1. The largest absolute Gasteiger partial charge is 0.467 e. The molecule has 0 radical (unpaired) electrons. The number of amides is 1. The van der Waals surface area contributed by atoms with Gasteiger partial charge in [-0.3, -0.25) is 4.79 Å². The van der Waals surface area contributed by atoms with Gasteiger partial charge < -0.3 is 15.1 Å². The Morgan fingerprint density at radius 2 is 2.10 bits per heavy atom. The molecule has 0 fully saturated rings. The van der Waals surface area contributed by atoms with Crippen LogP contribution in [0.15, 0.2) is 45.4 Å². The van der Waals surface area contributed by atoms with Gasteiger partial charge in [0.25, 0.3) is 0 Å². The molecule has 0 saturated heterocycles. The van der Waals surface area contributed by atoms with Crippen molar-refractivity contribution in [2.75, 3.05) is 11.1 Å². The Morgan fingerprint density at radius 3 is 2.93 bits per heavy atom. The van der Waals surface area contributed by atoms with Gasteiger partial charge >= 0.3 is 0 Å². The first-order valence-electron chi connectivity index (χ1n) is 9.81. The number of aryl methyl sites for hydroxylation is 2. The molecule has 1 aromatic carbocycles. The summed E-state index contributed by atoms with van der Waals surface area (Å²) in [5.41, 5.74) is 4.07. The van der Waals surface area contributed by atoms with Crippen LogP contribution in [0.1, 0.15) is 48.3 Å². The van der Waals surface area contributed by atoms with Crippen LogP contribution in [0, 0.1) is 0 Å². The van der Waals surface area contributed by atoms with Crippen molar-refractivity contribution in [3.63, 3.8) is 0 Å². The van der Waals surface area contributed by atoms with Gasteiger partial charge in [-0.2, -0.15) is 0 Å². The molecule has 0 bridgehead atoms. The number of hydrogen-bond acceptors (Lipinski definition) is 7. The summed E-state index contributed by atoms with van der Waals surface area (Å²) in [7, 11) is 0. The molecule has 29 heavy (non-hydrogen) atoms.